The van der Waals surface area contributed by atoms with E-state index in [2.05, 4.69) is 37.1 Å². The van der Waals surface area contributed by atoms with Gasteiger partial charge in [0, 0.05) is 19.2 Å². The molecule has 1 heterocycles. The van der Waals surface area contributed by atoms with Gasteiger partial charge in [-0.15, -0.1) is 11.6 Å². The molecule has 0 bridgehead atoms. The van der Waals surface area contributed by atoms with Gasteiger partial charge in [-0.2, -0.15) is 0 Å². The Bertz CT molecular complexity index is 340. The topological polar surface area (TPSA) is 34.1 Å². The van der Waals surface area contributed by atoms with Crippen molar-refractivity contribution >= 4 is 17.4 Å². The average Bonchev–Trinajstić information content (AvgIpc) is 2.29. The van der Waals surface area contributed by atoms with Crippen LogP contribution in [0.25, 0.3) is 0 Å². The third-order valence-electron chi connectivity index (χ3n) is 2.81. The predicted octanol–water partition coefficient (Wildman–Crippen LogP) is 3.43. The summed E-state index contributed by atoms with van der Waals surface area (Å²) in [6.45, 7) is 7.17. The molecule has 0 fully saturated rings. The van der Waals surface area contributed by atoms with Gasteiger partial charge in [-0.3, -0.25) is 0 Å². The minimum Gasteiger partial charge on any atom is -0.383 e. The Labute approximate surface area is 115 Å². The van der Waals surface area contributed by atoms with Crippen LogP contribution in [0, 0.1) is 0 Å². The summed E-state index contributed by atoms with van der Waals surface area (Å²) < 4.78 is 5.16. The minimum absolute atomic E-state index is 0.133. The fraction of sp³-hybridized carbons (Fsp3) is 0.643. The first-order valence-corrected chi connectivity index (χ1v) is 6.79. The molecule has 0 radical (unpaired) electrons. The van der Waals surface area contributed by atoms with Gasteiger partial charge in [-0.05, 0) is 23.5 Å². The summed E-state index contributed by atoms with van der Waals surface area (Å²) in [4.78, 5) is 4.44. The molecule has 0 aliphatic heterocycles. The van der Waals surface area contributed by atoms with Crippen LogP contribution in [0.1, 0.15) is 32.8 Å². The van der Waals surface area contributed by atoms with E-state index in [-0.39, 0.29) is 11.5 Å². The van der Waals surface area contributed by atoms with E-state index in [0.717, 1.165) is 12.2 Å². The largest absolute Gasteiger partial charge is 0.383 e. The van der Waals surface area contributed by atoms with E-state index < -0.39 is 0 Å². The SMILES string of the molecule is COCC(CCCl)Nc1ccc(C(C)(C)C)cn1. The van der Waals surface area contributed by atoms with E-state index in [9.17, 15) is 0 Å². The van der Waals surface area contributed by atoms with Crippen LogP contribution in [0.2, 0.25) is 0 Å². The standard InChI is InChI=1S/C14H23ClN2O/c1-14(2,3)11-5-6-13(16-9-11)17-12(7-8-15)10-18-4/h5-6,9,12H,7-8,10H2,1-4H3,(H,16,17). The molecule has 0 saturated carbocycles. The quantitative estimate of drug-likeness (QED) is 0.804. The van der Waals surface area contributed by atoms with Gasteiger partial charge in [0.05, 0.1) is 12.6 Å². The number of anilines is 1. The van der Waals surface area contributed by atoms with E-state index in [4.69, 9.17) is 16.3 Å². The van der Waals surface area contributed by atoms with Gasteiger partial charge in [-0.1, -0.05) is 26.8 Å². The second-order valence-electron chi connectivity index (χ2n) is 5.46. The monoisotopic (exact) mass is 270 g/mol. The minimum atomic E-state index is 0.133. The zero-order valence-electron chi connectivity index (χ0n) is 11.7. The number of ether oxygens (including phenoxy) is 1. The Kier molecular flexibility index (Phi) is 5.89. The fourth-order valence-corrected chi connectivity index (χ4v) is 1.93. The van der Waals surface area contributed by atoms with E-state index in [1.54, 1.807) is 7.11 Å². The summed E-state index contributed by atoms with van der Waals surface area (Å²) in [6, 6.07) is 4.33. The number of aromatic nitrogens is 1. The molecule has 102 valence electrons. The molecule has 0 aliphatic rings. The number of methoxy groups -OCH3 is 1. The molecule has 1 atom stereocenters. The van der Waals surface area contributed by atoms with Crippen molar-refractivity contribution in [3.8, 4) is 0 Å². The van der Waals surface area contributed by atoms with Crippen molar-refractivity contribution in [1.29, 1.82) is 0 Å². The van der Waals surface area contributed by atoms with Crippen LogP contribution in [-0.4, -0.2) is 30.6 Å². The second kappa shape index (κ2) is 6.95. The second-order valence-corrected chi connectivity index (χ2v) is 5.83. The van der Waals surface area contributed by atoms with E-state index in [0.29, 0.717) is 12.5 Å². The third kappa shape index (κ3) is 4.83. The van der Waals surface area contributed by atoms with E-state index in [1.165, 1.54) is 5.56 Å². The van der Waals surface area contributed by atoms with Gasteiger partial charge >= 0.3 is 0 Å². The molecule has 1 aromatic rings. The third-order valence-corrected chi connectivity index (χ3v) is 3.03. The number of pyridine rings is 1. The molecule has 0 spiro atoms. The molecular weight excluding hydrogens is 248 g/mol. The summed E-state index contributed by atoms with van der Waals surface area (Å²) >= 11 is 5.77. The molecule has 4 heteroatoms. The molecule has 18 heavy (non-hydrogen) atoms. The Morgan fingerprint density at radius 3 is 2.56 bits per heavy atom. The first-order valence-electron chi connectivity index (χ1n) is 6.25. The number of rotatable bonds is 6. The number of nitrogens with zero attached hydrogens (tertiary/aromatic N) is 1. The molecule has 0 aliphatic carbocycles. The lowest BCUT2D eigenvalue weighted by Crippen LogP contribution is -2.26. The van der Waals surface area contributed by atoms with Crippen molar-refractivity contribution in [1.82, 2.24) is 4.98 Å². The Morgan fingerprint density at radius 1 is 1.39 bits per heavy atom. The number of alkyl halides is 1. The van der Waals surface area contributed by atoms with Crippen molar-refractivity contribution in [3.63, 3.8) is 0 Å². The van der Waals surface area contributed by atoms with Crippen LogP contribution in [0.5, 0.6) is 0 Å². The molecule has 0 aromatic carbocycles. The first kappa shape index (κ1) is 15.3. The fourth-order valence-electron chi connectivity index (χ4n) is 1.66. The van der Waals surface area contributed by atoms with Crippen LogP contribution in [0.3, 0.4) is 0 Å². The van der Waals surface area contributed by atoms with Crippen LogP contribution < -0.4 is 5.32 Å². The smallest absolute Gasteiger partial charge is 0.126 e. The molecule has 1 aromatic heterocycles. The maximum atomic E-state index is 5.77. The molecule has 0 saturated heterocycles. The summed E-state index contributed by atoms with van der Waals surface area (Å²) in [7, 11) is 1.69. The summed E-state index contributed by atoms with van der Waals surface area (Å²) in [5.41, 5.74) is 1.36. The van der Waals surface area contributed by atoms with Crippen molar-refractivity contribution in [3.05, 3.63) is 23.9 Å². The van der Waals surface area contributed by atoms with E-state index >= 15 is 0 Å². The van der Waals surface area contributed by atoms with Gasteiger partial charge in [0.1, 0.15) is 5.82 Å². The Morgan fingerprint density at radius 2 is 2.11 bits per heavy atom. The van der Waals surface area contributed by atoms with Gasteiger partial charge in [0.25, 0.3) is 0 Å². The van der Waals surface area contributed by atoms with Gasteiger partial charge < -0.3 is 10.1 Å². The van der Waals surface area contributed by atoms with Crippen molar-refractivity contribution in [2.45, 2.75) is 38.6 Å². The molecule has 1 N–H and O–H groups in total. The molecule has 0 amide bonds. The zero-order valence-corrected chi connectivity index (χ0v) is 12.4. The van der Waals surface area contributed by atoms with Gasteiger partial charge in [0.2, 0.25) is 0 Å². The highest BCUT2D eigenvalue weighted by Gasteiger charge is 2.14. The predicted molar refractivity (Wildman–Crippen MR) is 77.6 cm³/mol. The van der Waals surface area contributed by atoms with Gasteiger partial charge in [0.15, 0.2) is 0 Å². The van der Waals surface area contributed by atoms with Crippen LogP contribution in [-0.2, 0) is 10.2 Å². The maximum Gasteiger partial charge on any atom is 0.126 e. The van der Waals surface area contributed by atoms with Crippen molar-refractivity contribution in [2.24, 2.45) is 0 Å². The Hall–Kier alpha value is -0.800. The van der Waals surface area contributed by atoms with Crippen molar-refractivity contribution < 1.29 is 4.74 Å². The summed E-state index contributed by atoms with van der Waals surface area (Å²) in [5.74, 6) is 1.48. The first-order chi connectivity index (χ1) is 8.47. The maximum absolute atomic E-state index is 5.77. The summed E-state index contributed by atoms with van der Waals surface area (Å²) in [6.07, 6.45) is 2.78. The highest BCUT2D eigenvalue weighted by molar-refractivity contribution is 6.17. The van der Waals surface area contributed by atoms with Crippen LogP contribution in [0.15, 0.2) is 18.3 Å². The zero-order chi connectivity index (χ0) is 13.6. The number of hydrogen-bond donors (Lipinski definition) is 1. The lowest BCUT2D eigenvalue weighted by Gasteiger charge is -2.20. The highest BCUT2D eigenvalue weighted by Crippen LogP contribution is 2.22. The lowest BCUT2D eigenvalue weighted by atomic mass is 9.88. The molecular formula is C14H23ClN2O. The Balaban J connectivity index is 2.67. The molecule has 3 nitrogen and oxygen atoms in total. The van der Waals surface area contributed by atoms with Crippen LogP contribution in [0.4, 0.5) is 5.82 Å². The van der Waals surface area contributed by atoms with E-state index in [1.807, 2.05) is 12.3 Å². The van der Waals surface area contributed by atoms with Gasteiger partial charge in [-0.25, -0.2) is 4.98 Å². The number of halogens is 1. The molecule has 1 rings (SSSR count). The average molecular weight is 271 g/mol. The normalized spacial score (nSPS) is 13.4. The summed E-state index contributed by atoms with van der Waals surface area (Å²) in [5, 5.41) is 3.34. The highest BCUT2D eigenvalue weighted by atomic mass is 35.5. The lowest BCUT2D eigenvalue weighted by molar-refractivity contribution is 0.184. The number of hydrogen-bond acceptors (Lipinski definition) is 3. The number of nitrogens with one attached hydrogen (secondary N) is 1. The molecule has 1 unspecified atom stereocenters. The van der Waals surface area contributed by atoms with Crippen LogP contribution >= 0.6 is 11.6 Å². The van der Waals surface area contributed by atoms with Crippen molar-refractivity contribution in [2.75, 3.05) is 24.9 Å².